The predicted octanol–water partition coefficient (Wildman–Crippen LogP) is 2.48. The minimum atomic E-state index is -3.82. The number of esters is 1. The van der Waals surface area contributed by atoms with Gasteiger partial charge in [0.2, 0.25) is 10.0 Å². The van der Waals surface area contributed by atoms with Gasteiger partial charge in [0.1, 0.15) is 11.6 Å². The van der Waals surface area contributed by atoms with E-state index in [4.69, 9.17) is 14.0 Å². The van der Waals surface area contributed by atoms with Gasteiger partial charge in [-0.05, 0) is 78.9 Å². The van der Waals surface area contributed by atoms with Gasteiger partial charge in [0.05, 0.1) is 16.1 Å². The van der Waals surface area contributed by atoms with Crippen LogP contribution in [0.1, 0.15) is 61.3 Å². The van der Waals surface area contributed by atoms with E-state index in [9.17, 15) is 13.2 Å². The molecule has 0 unspecified atom stereocenters. The second-order valence-corrected chi connectivity index (χ2v) is 11.9. The Kier molecular flexibility index (Phi) is 5.91. The van der Waals surface area contributed by atoms with Gasteiger partial charge in [-0.15, -0.1) is 0 Å². The number of rotatable bonds is 4. The van der Waals surface area contributed by atoms with Crippen molar-refractivity contribution < 1.29 is 27.3 Å². The SMILES string of the molecule is CC(C)(C)OC(=O)[C@@H]1CCCN1S(=O)(=O)c1ccc(B2OC(C)(C)C(C)(C)O2)cc1. The first-order valence-corrected chi connectivity index (χ1v) is 11.8. The zero-order valence-electron chi connectivity index (χ0n) is 18.9. The first kappa shape index (κ1) is 23.3. The van der Waals surface area contributed by atoms with Gasteiger partial charge in [0.25, 0.3) is 0 Å². The maximum atomic E-state index is 13.2. The summed E-state index contributed by atoms with van der Waals surface area (Å²) in [5, 5.41) is 0. The first-order valence-electron chi connectivity index (χ1n) is 10.3. The quantitative estimate of drug-likeness (QED) is 0.532. The highest BCUT2D eigenvalue weighted by atomic mass is 32.2. The second kappa shape index (κ2) is 7.62. The Morgan fingerprint density at radius 3 is 2.13 bits per heavy atom. The molecule has 2 aliphatic heterocycles. The van der Waals surface area contributed by atoms with Crippen molar-refractivity contribution in [2.75, 3.05) is 6.54 Å². The van der Waals surface area contributed by atoms with Crippen LogP contribution in [-0.2, 0) is 28.9 Å². The van der Waals surface area contributed by atoms with Crippen molar-refractivity contribution in [3.63, 3.8) is 0 Å². The lowest BCUT2D eigenvalue weighted by Crippen LogP contribution is -2.43. The maximum Gasteiger partial charge on any atom is 0.494 e. The van der Waals surface area contributed by atoms with Crippen molar-refractivity contribution in [1.82, 2.24) is 4.31 Å². The van der Waals surface area contributed by atoms with Crippen LogP contribution in [-0.4, -0.2) is 55.2 Å². The van der Waals surface area contributed by atoms with Crippen LogP contribution in [0.3, 0.4) is 0 Å². The highest BCUT2D eigenvalue weighted by molar-refractivity contribution is 7.89. The Morgan fingerprint density at radius 2 is 1.63 bits per heavy atom. The molecule has 2 saturated heterocycles. The summed E-state index contributed by atoms with van der Waals surface area (Å²) in [4.78, 5) is 12.7. The van der Waals surface area contributed by atoms with Gasteiger partial charge in [-0.25, -0.2) is 8.42 Å². The van der Waals surface area contributed by atoms with Gasteiger partial charge in [0, 0.05) is 6.54 Å². The van der Waals surface area contributed by atoms with Crippen molar-refractivity contribution in [1.29, 1.82) is 0 Å². The zero-order valence-corrected chi connectivity index (χ0v) is 19.7. The Hall–Kier alpha value is -1.42. The van der Waals surface area contributed by atoms with Crippen molar-refractivity contribution in [2.24, 2.45) is 0 Å². The van der Waals surface area contributed by atoms with Crippen molar-refractivity contribution in [3.05, 3.63) is 24.3 Å². The Labute approximate surface area is 180 Å². The van der Waals surface area contributed by atoms with Crippen LogP contribution < -0.4 is 5.46 Å². The fraction of sp³-hybridized carbons (Fsp3) is 0.667. The molecular formula is C21H32BNO6S. The number of nitrogens with zero attached hydrogens (tertiary/aromatic N) is 1. The van der Waals surface area contributed by atoms with E-state index < -0.39 is 46.0 Å². The lowest BCUT2D eigenvalue weighted by atomic mass is 9.79. The van der Waals surface area contributed by atoms with Crippen LogP contribution in [0.5, 0.6) is 0 Å². The molecule has 2 fully saturated rings. The molecule has 0 spiro atoms. The van der Waals surface area contributed by atoms with Crippen LogP contribution >= 0.6 is 0 Å². The van der Waals surface area contributed by atoms with Gasteiger partial charge in [0.15, 0.2) is 0 Å². The zero-order chi connectivity index (χ0) is 22.5. The van der Waals surface area contributed by atoms with Gasteiger partial charge in [-0.2, -0.15) is 4.31 Å². The van der Waals surface area contributed by atoms with E-state index >= 15 is 0 Å². The molecule has 166 valence electrons. The fourth-order valence-electron chi connectivity index (χ4n) is 3.54. The average molecular weight is 437 g/mol. The summed E-state index contributed by atoms with van der Waals surface area (Å²) < 4.78 is 45.2. The molecule has 0 radical (unpaired) electrons. The molecule has 1 aromatic carbocycles. The molecule has 1 aromatic rings. The third-order valence-corrected chi connectivity index (χ3v) is 7.82. The van der Waals surface area contributed by atoms with Crippen molar-refractivity contribution in [3.8, 4) is 0 Å². The van der Waals surface area contributed by atoms with Crippen LogP contribution in [0.4, 0.5) is 0 Å². The Balaban J connectivity index is 1.79. The summed E-state index contributed by atoms with van der Waals surface area (Å²) in [6.45, 7) is 13.5. The molecule has 0 aromatic heterocycles. The van der Waals surface area contributed by atoms with Gasteiger partial charge in [-0.3, -0.25) is 4.79 Å². The van der Waals surface area contributed by atoms with E-state index in [0.29, 0.717) is 19.4 Å². The van der Waals surface area contributed by atoms with E-state index in [2.05, 4.69) is 0 Å². The van der Waals surface area contributed by atoms with Crippen molar-refractivity contribution in [2.45, 2.75) is 89.0 Å². The lowest BCUT2D eigenvalue weighted by Gasteiger charge is -2.32. The van der Waals surface area contributed by atoms with Crippen LogP contribution in [0.25, 0.3) is 0 Å². The Bertz CT molecular complexity index is 888. The highest BCUT2D eigenvalue weighted by Crippen LogP contribution is 2.36. The summed E-state index contributed by atoms with van der Waals surface area (Å²) in [5.74, 6) is -0.502. The summed E-state index contributed by atoms with van der Waals surface area (Å²) >= 11 is 0. The first-order chi connectivity index (χ1) is 13.6. The summed E-state index contributed by atoms with van der Waals surface area (Å²) in [6, 6.07) is 5.69. The molecule has 7 nitrogen and oxygen atoms in total. The van der Waals surface area contributed by atoms with Crippen LogP contribution in [0.15, 0.2) is 29.2 Å². The highest BCUT2D eigenvalue weighted by Gasteiger charge is 2.51. The summed E-state index contributed by atoms with van der Waals surface area (Å²) in [6.07, 6.45) is 1.08. The predicted molar refractivity (Wildman–Crippen MR) is 115 cm³/mol. The van der Waals surface area contributed by atoms with E-state index in [0.717, 1.165) is 5.46 Å². The minimum absolute atomic E-state index is 0.137. The molecule has 0 bridgehead atoms. The fourth-order valence-corrected chi connectivity index (χ4v) is 5.19. The number of hydrogen-bond acceptors (Lipinski definition) is 6. The molecule has 1 atom stereocenters. The largest absolute Gasteiger partial charge is 0.494 e. The number of carbonyl (C=O) groups excluding carboxylic acids is 1. The van der Waals surface area contributed by atoms with Gasteiger partial charge in [-0.1, -0.05) is 12.1 Å². The number of sulfonamides is 1. The molecule has 2 heterocycles. The third kappa shape index (κ3) is 4.44. The maximum absolute atomic E-state index is 13.2. The molecule has 0 amide bonds. The minimum Gasteiger partial charge on any atom is -0.459 e. The molecule has 9 heteroatoms. The monoisotopic (exact) mass is 437 g/mol. The van der Waals surface area contributed by atoms with E-state index in [1.807, 2.05) is 27.7 Å². The van der Waals surface area contributed by atoms with Gasteiger partial charge < -0.3 is 14.0 Å². The normalized spacial score (nSPS) is 24.2. The van der Waals surface area contributed by atoms with Crippen LogP contribution in [0, 0.1) is 0 Å². The molecule has 2 aliphatic rings. The summed E-state index contributed by atoms with van der Waals surface area (Å²) in [5.41, 5.74) is -0.866. The molecule has 0 aliphatic carbocycles. The van der Waals surface area contributed by atoms with Crippen LogP contribution in [0.2, 0.25) is 0 Å². The van der Waals surface area contributed by atoms with E-state index in [1.54, 1.807) is 45.0 Å². The average Bonchev–Trinajstić information content (AvgIpc) is 3.17. The number of hydrogen-bond donors (Lipinski definition) is 0. The molecule has 30 heavy (non-hydrogen) atoms. The topological polar surface area (TPSA) is 82.1 Å². The molecule has 0 saturated carbocycles. The van der Waals surface area contributed by atoms with E-state index in [-0.39, 0.29) is 4.90 Å². The number of ether oxygens (including phenoxy) is 1. The molecular weight excluding hydrogens is 405 g/mol. The molecule has 3 rings (SSSR count). The van der Waals surface area contributed by atoms with E-state index in [1.165, 1.54) is 4.31 Å². The lowest BCUT2D eigenvalue weighted by molar-refractivity contribution is -0.158. The summed E-state index contributed by atoms with van der Waals surface area (Å²) in [7, 11) is -4.39. The van der Waals surface area contributed by atoms with Crippen molar-refractivity contribution >= 4 is 28.6 Å². The standard InChI is InChI=1S/C21H32BNO6S/c1-19(2,3)27-18(24)17-9-8-14-23(17)30(25,26)16-12-10-15(11-13-16)22-28-20(4,5)21(6,7)29-22/h10-13,17H,8-9,14H2,1-7H3/t17-/m0/s1. The molecule has 0 N–H and O–H groups in total. The Morgan fingerprint density at radius 1 is 1.10 bits per heavy atom. The third-order valence-electron chi connectivity index (χ3n) is 5.89. The number of carbonyl (C=O) groups is 1. The smallest absolute Gasteiger partial charge is 0.459 e. The number of benzene rings is 1. The van der Waals surface area contributed by atoms with Gasteiger partial charge >= 0.3 is 13.1 Å². The second-order valence-electron chi connectivity index (χ2n) is 9.96.